The van der Waals surface area contributed by atoms with E-state index in [-0.39, 0.29) is 30.2 Å². The minimum Gasteiger partial charge on any atom is -0.368 e. The maximum Gasteiger partial charge on any atom is 0.246 e. The molecule has 0 aromatic rings. The van der Waals surface area contributed by atoms with Crippen LogP contribution in [0, 0.1) is 0 Å². The fourth-order valence-electron chi connectivity index (χ4n) is 1.98. The minimum absolute atomic E-state index is 0.0494. The SMILES string of the molecule is CC(C)(C)NC(=O)COC1CCCC(N)C1. The minimum atomic E-state index is -0.191. The van der Waals surface area contributed by atoms with Crippen LogP contribution in [0.4, 0.5) is 0 Å². The van der Waals surface area contributed by atoms with E-state index in [1.54, 1.807) is 0 Å². The van der Waals surface area contributed by atoms with E-state index in [1.807, 2.05) is 20.8 Å². The Kier molecular flexibility index (Phi) is 4.74. The second-order valence-electron chi connectivity index (χ2n) is 5.66. The number of ether oxygens (including phenoxy) is 1. The van der Waals surface area contributed by atoms with Crippen molar-refractivity contribution in [3.8, 4) is 0 Å². The lowest BCUT2D eigenvalue weighted by molar-refractivity contribution is -0.129. The number of carbonyl (C=O) groups is 1. The highest BCUT2D eigenvalue weighted by molar-refractivity contribution is 5.77. The molecule has 1 aliphatic carbocycles. The molecule has 1 amide bonds. The molecular weight excluding hydrogens is 204 g/mol. The van der Waals surface area contributed by atoms with Crippen molar-refractivity contribution in [1.29, 1.82) is 0 Å². The molecule has 0 spiro atoms. The van der Waals surface area contributed by atoms with Crippen molar-refractivity contribution in [2.45, 2.75) is 64.1 Å². The first-order chi connectivity index (χ1) is 7.37. The van der Waals surface area contributed by atoms with Crippen LogP contribution in [-0.2, 0) is 9.53 Å². The molecule has 0 saturated heterocycles. The molecule has 1 fully saturated rings. The van der Waals surface area contributed by atoms with Crippen molar-refractivity contribution in [3.63, 3.8) is 0 Å². The molecule has 0 aromatic carbocycles. The summed E-state index contributed by atoms with van der Waals surface area (Å²) in [7, 11) is 0. The molecule has 16 heavy (non-hydrogen) atoms. The van der Waals surface area contributed by atoms with Gasteiger partial charge in [0.25, 0.3) is 0 Å². The largest absolute Gasteiger partial charge is 0.368 e. The third-order valence-corrected chi connectivity index (χ3v) is 2.63. The summed E-state index contributed by atoms with van der Waals surface area (Å²) >= 11 is 0. The Morgan fingerprint density at radius 1 is 1.44 bits per heavy atom. The zero-order chi connectivity index (χ0) is 12.2. The van der Waals surface area contributed by atoms with Crippen molar-refractivity contribution in [2.24, 2.45) is 5.73 Å². The number of amides is 1. The average Bonchev–Trinajstić information content (AvgIpc) is 2.12. The van der Waals surface area contributed by atoms with Gasteiger partial charge >= 0.3 is 0 Å². The lowest BCUT2D eigenvalue weighted by Crippen LogP contribution is -2.43. The third-order valence-electron chi connectivity index (χ3n) is 2.63. The summed E-state index contributed by atoms with van der Waals surface area (Å²) in [5.74, 6) is -0.0494. The number of nitrogens with one attached hydrogen (secondary N) is 1. The van der Waals surface area contributed by atoms with Gasteiger partial charge in [-0.3, -0.25) is 4.79 Å². The number of rotatable bonds is 3. The Bertz CT molecular complexity index is 236. The summed E-state index contributed by atoms with van der Waals surface area (Å²) in [6.07, 6.45) is 4.24. The Balaban J connectivity index is 2.21. The highest BCUT2D eigenvalue weighted by atomic mass is 16.5. The van der Waals surface area contributed by atoms with Gasteiger partial charge in [0.2, 0.25) is 5.91 Å². The van der Waals surface area contributed by atoms with Gasteiger partial charge in [0.05, 0.1) is 6.10 Å². The van der Waals surface area contributed by atoms with Gasteiger partial charge in [-0.15, -0.1) is 0 Å². The first-order valence-corrected chi connectivity index (χ1v) is 6.05. The molecule has 0 bridgehead atoms. The van der Waals surface area contributed by atoms with Gasteiger partial charge in [0, 0.05) is 11.6 Å². The van der Waals surface area contributed by atoms with Crippen LogP contribution >= 0.6 is 0 Å². The van der Waals surface area contributed by atoms with Gasteiger partial charge in [-0.1, -0.05) is 0 Å². The van der Waals surface area contributed by atoms with E-state index < -0.39 is 0 Å². The van der Waals surface area contributed by atoms with E-state index in [0.29, 0.717) is 0 Å². The standard InChI is InChI=1S/C12H24N2O2/c1-12(2,3)14-11(15)8-16-10-6-4-5-9(13)7-10/h9-10H,4-8,13H2,1-3H3,(H,14,15). The van der Waals surface area contributed by atoms with Gasteiger partial charge in [-0.2, -0.15) is 0 Å². The summed E-state index contributed by atoms with van der Waals surface area (Å²) in [5.41, 5.74) is 5.66. The van der Waals surface area contributed by atoms with E-state index in [1.165, 1.54) is 0 Å². The van der Waals surface area contributed by atoms with Gasteiger partial charge in [-0.25, -0.2) is 0 Å². The van der Waals surface area contributed by atoms with Crippen LogP contribution in [0.1, 0.15) is 46.5 Å². The number of hydrogen-bond donors (Lipinski definition) is 2. The Morgan fingerprint density at radius 2 is 2.12 bits per heavy atom. The molecular formula is C12H24N2O2. The second kappa shape index (κ2) is 5.64. The van der Waals surface area contributed by atoms with Crippen molar-refractivity contribution >= 4 is 5.91 Å². The van der Waals surface area contributed by atoms with Gasteiger partial charge < -0.3 is 15.8 Å². The zero-order valence-electron chi connectivity index (χ0n) is 10.6. The summed E-state index contributed by atoms with van der Waals surface area (Å²) in [6, 6.07) is 0.240. The lowest BCUT2D eigenvalue weighted by atomic mass is 9.94. The Labute approximate surface area is 97.9 Å². The van der Waals surface area contributed by atoms with Crippen LogP contribution in [-0.4, -0.2) is 30.2 Å². The van der Waals surface area contributed by atoms with Crippen molar-refractivity contribution in [1.82, 2.24) is 5.32 Å². The first kappa shape index (κ1) is 13.5. The maximum absolute atomic E-state index is 11.5. The smallest absolute Gasteiger partial charge is 0.246 e. The van der Waals surface area contributed by atoms with Crippen LogP contribution in [0.25, 0.3) is 0 Å². The molecule has 4 heteroatoms. The molecule has 0 heterocycles. The quantitative estimate of drug-likeness (QED) is 0.762. The molecule has 0 radical (unpaired) electrons. The maximum atomic E-state index is 11.5. The summed E-state index contributed by atoms with van der Waals surface area (Å²) in [6.45, 7) is 6.03. The van der Waals surface area contributed by atoms with E-state index in [2.05, 4.69) is 5.32 Å². The number of carbonyl (C=O) groups excluding carboxylic acids is 1. The van der Waals surface area contributed by atoms with Crippen molar-refractivity contribution in [3.05, 3.63) is 0 Å². The van der Waals surface area contributed by atoms with Gasteiger partial charge in [0.15, 0.2) is 0 Å². The fourth-order valence-corrected chi connectivity index (χ4v) is 1.98. The topological polar surface area (TPSA) is 64.3 Å². The van der Waals surface area contributed by atoms with Crippen LogP contribution in [0.3, 0.4) is 0 Å². The van der Waals surface area contributed by atoms with Crippen LogP contribution in [0.2, 0.25) is 0 Å². The molecule has 0 aliphatic heterocycles. The van der Waals surface area contributed by atoms with E-state index in [9.17, 15) is 4.79 Å². The molecule has 1 saturated carbocycles. The molecule has 0 aromatic heterocycles. The molecule has 2 atom stereocenters. The molecule has 2 unspecified atom stereocenters. The van der Waals surface area contributed by atoms with Crippen LogP contribution < -0.4 is 11.1 Å². The van der Waals surface area contributed by atoms with Crippen LogP contribution in [0.15, 0.2) is 0 Å². The van der Waals surface area contributed by atoms with E-state index in [4.69, 9.17) is 10.5 Å². The molecule has 1 aliphatic rings. The highest BCUT2D eigenvalue weighted by Crippen LogP contribution is 2.19. The van der Waals surface area contributed by atoms with E-state index >= 15 is 0 Å². The van der Waals surface area contributed by atoms with Crippen molar-refractivity contribution in [2.75, 3.05) is 6.61 Å². The van der Waals surface area contributed by atoms with Crippen molar-refractivity contribution < 1.29 is 9.53 Å². The molecule has 4 nitrogen and oxygen atoms in total. The van der Waals surface area contributed by atoms with Gasteiger partial charge in [-0.05, 0) is 46.5 Å². The average molecular weight is 228 g/mol. The third kappa shape index (κ3) is 5.47. The summed E-state index contributed by atoms with van der Waals surface area (Å²) < 4.78 is 5.57. The zero-order valence-corrected chi connectivity index (χ0v) is 10.6. The Morgan fingerprint density at radius 3 is 2.69 bits per heavy atom. The molecule has 94 valence electrons. The fraction of sp³-hybridized carbons (Fsp3) is 0.917. The monoisotopic (exact) mass is 228 g/mol. The van der Waals surface area contributed by atoms with Crippen LogP contribution in [0.5, 0.6) is 0 Å². The summed E-state index contributed by atoms with van der Waals surface area (Å²) in [4.78, 5) is 11.5. The number of nitrogens with two attached hydrogens (primary N) is 1. The first-order valence-electron chi connectivity index (χ1n) is 6.05. The molecule has 1 rings (SSSR count). The second-order valence-corrected chi connectivity index (χ2v) is 5.66. The normalized spacial score (nSPS) is 26.5. The Hall–Kier alpha value is -0.610. The van der Waals surface area contributed by atoms with Gasteiger partial charge in [0.1, 0.15) is 6.61 Å². The highest BCUT2D eigenvalue weighted by Gasteiger charge is 2.21. The molecule has 3 N–H and O–H groups in total. The predicted molar refractivity (Wildman–Crippen MR) is 64.1 cm³/mol. The number of hydrogen-bond acceptors (Lipinski definition) is 3. The summed E-state index contributed by atoms with van der Waals surface area (Å²) in [5, 5.41) is 2.87. The predicted octanol–water partition coefficient (Wildman–Crippen LogP) is 1.19. The van der Waals surface area contributed by atoms with E-state index in [0.717, 1.165) is 25.7 Å². The lowest BCUT2D eigenvalue weighted by Gasteiger charge is -2.27.